The van der Waals surface area contributed by atoms with Crippen molar-refractivity contribution in [2.24, 2.45) is 0 Å². The molecular formula is C16H26N2O2. The van der Waals surface area contributed by atoms with E-state index in [-0.39, 0.29) is 0 Å². The molecular weight excluding hydrogens is 252 g/mol. The molecule has 4 heteroatoms. The Hall–Kier alpha value is -0.840. The van der Waals surface area contributed by atoms with Gasteiger partial charge in [0.15, 0.2) is 0 Å². The molecule has 4 nitrogen and oxygen atoms in total. The summed E-state index contributed by atoms with van der Waals surface area (Å²) in [5, 5.41) is 3.49. The summed E-state index contributed by atoms with van der Waals surface area (Å²) in [6.45, 7) is 5.34. The molecule has 0 spiro atoms. The van der Waals surface area contributed by atoms with Gasteiger partial charge in [0.1, 0.15) is 18.1 Å². The van der Waals surface area contributed by atoms with Crippen LogP contribution >= 0.6 is 0 Å². The van der Waals surface area contributed by atoms with Gasteiger partial charge in [-0.05, 0) is 51.3 Å². The minimum Gasteiger partial charge on any atom is -0.462 e. The van der Waals surface area contributed by atoms with Gasteiger partial charge in [0.05, 0.1) is 13.2 Å². The molecule has 0 aliphatic heterocycles. The van der Waals surface area contributed by atoms with E-state index in [9.17, 15) is 0 Å². The van der Waals surface area contributed by atoms with Gasteiger partial charge in [0.2, 0.25) is 0 Å². The Bertz CT molecular complexity index is 436. The first-order valence-electron chi connectivity index (χ1n) is 7.82. The minimum absolute atomic E-state index is 0.586. The van der Waals surface area contributed by atoms with E-state index in [2.05, 4.69) is 30.3 Å². The zero-order valence-electron chi connectivity index (χ0n) is 12.7. The van der Waals surface area contributed by atoms with Crippen molar-refractivity contribution in [1.82, 2.24) is 10.2 Å². The van der Waals surface area contributed by atoms with Crippen molar-refractivity contribution in [1.29, 1.82) is 0 Å². The third kappa shape index (κ3) is 4.08. The standard InChI is InChI=1S/C16H26N2O2/c1-12-9-15(20-16(12)10-17-13-3-4-13)11-19-8-7-18(2)14-5-6-14/h9,13-14,17H,3-8,10-11H2,1-2H3. The Morgan fingerprint density at radius 2 is 2.15 bits per heavy atom. The summed E-state index contributed by atoms with van der Waals surface area (Å²) in [5.41, 5.74) is 1.23. The average molecular weight is 278 g/mol. The lowest BCUT2D eigenvalue weighted by Crippen LogP contribution is -2.25. The average Bonchev–Trinajstić information content (AvgIpc) is 3.32. The van der Waals surface area contributed by atoms with Gasteiger partial charge < -0.3 is 19.4 Å². The van der Waals surface area contributed by atoms with E-state index in [1.54, 1.807) is 0 Å². The molecule has 20 heavy (non-hydrogen) atoms. The highest BCUT2D eigenvalue weighted by atomic mass is 16.5. The lowest BCUT2D eigenvalue weighted by atomic mass is 10.2. The SMILES string of the molecule is Cc1cc(COCCN(C)C2CC2)oc1CNC1CC1. The first-order valence-corrected chi connectivity index (χ1v) is 7.82. The fourth-order valence-corrected chi connectivity index (χ4v) is 2.44. The van der Waals surface area contributed by atoms with E-state index in [4.69, 9.17) is 9.15 Å². The Morgan fingerprint density at radius 3 is 2.85 bits per heavy atom. The van der Waals surface area contributed by atoms with Crippen LogP contribution in [0.15, 0.2) is 10.5 Å². The highest BCUT2D eigenvalue weighted by Crippen LogP contribution is 2.25. The summed E-state index contributed by atoms with van der Waals surface area (Å²) in [5.74, 6) is 2.01. The van der Waals surface area contributed by atoms with Crippen LogP contribution in [0.3, 0.4) is 0 Å². The highest BCUT2D eigenvalue weighted by molar-refractivity contribution is 5.19. The molecule has 2 aliphatic rings. The molecule has 0 atom stereocenters. The van der Waals surface area contributed by atoms with Crippen LogP contribution in [-0.2, 0) is 17.9 Å². The number of nitrogens with zero attached hydrogens (tertiary/aromatic N) is 1. The second kappa shape index (κ2) is 6.29. The Kier molecular flexibility index (Phi) is 4.44. The molecule has 2 aliphatic carbocycles. The van der Waals surface area contributed by atoms with Crippen LogP contribution in [0.25, 0.3) is 0 Å². The topological polar surface area (TPSA) is 37.6 Å². The summed E-state index contributed by atoms with van der Waals surface area (Å²) in [4.78, 5) is 2.39. The van der Waals surface area contributed by atoms with Crippen molar-refractivity contribution >= 4 is 0 Å². The maximum Gasteiger partial charge on any atom is 0.130 e. The summed E-state index contributed by atoms with van der Waals surface area (Å²) in [6, 6.07) is 3.64. The van der Waals surface area contributed by atoms with Crippen molar-refractivity contribution in [3.63, 3.8) is 0 Å². The zero-order chi connectivity index (χ0) is 13.9. The van der Waals surface area contributed by atoms with Crippen LogP contribution < -0.4 is 5.32 Å². The Labute approximate surface area is 121 Å². The van der Waals surface area contributed by atoms with E-state index in [1.807, 2.05) is 0 Å². The largest absolute Gasteiger partial charge is 0.462 e. The highest BCUT2D eigenvalue weighted by Gasteiger charge is 2.25. The number of nitrogens with one attached hydrogen (secondary N) is 1. The maximum absolute atomic E-state index is 5.86. The summed E-state index contributed by atoms with van der Waals surface area (Å²) >= 11 is 0. The van der Waals surface area contributed by atoms with E-state index in [0.29, 0.717) is 6.61 Å². The van der Waals surface area contributed by atoms with Gasteiger partial charge in [-0.15, -0.1) is 0 Å². The van der Waals surface area contributed by atoms with Crippen molar-refractivity contribution in [3.05, 3.63) is 23.2 Å². The number of rotatable bonds is 9. The number of ether oxygens (including phenoxy) is 1. The van der Waals surface area contributed by atoms with E-state index < -0.39 is 0 Å². The first-order chi connectivity index (χ1) is 9.72. The molecule has 0 unspecified atom stereocenters. The number of hydrogen-bond acceptors (Lipinski definition) is 4. The van der Waals surface area contributed by atoms with Crippen LogP contribution in [0.5, 0.6) is 0 Å². The third-order valence-electron chi connectivity index (χ3n) is 4.20. The van der Waals surface area contributed by atoms with Gasteiger partial charge in [-0.3, -0.25) is 0 Å². The maximum atomic E-state index is 5.86. The first kappa shape index (κ1) is 14.1. The molecule has 1 heterocycles. The second-order valence-corrected chi connectivity index (χ2v) is 6.24. The van der Waals surface area contributed by atoms with Gasteiger partial charge in [0.25, 0.3) is 0 Å². The molecule has 1 aromatic rings. The fourth-order valence-electron chi connectivity index (χ4n) is 2.44. The summed E-state index contributed by atoms with van der Waals surface area (Å²) < 4.78 is 11.6. The van der Waals surface area contributed by atoms with Crippen LogP contribution in [-0.4, -0.2) is 37.2 Å². The zero-order valence-corrected chi connectivity index (χ0v) is 12.7. The molecule has 1 N–H and O–H groups in total. The normalized spacial score (nSPS) is 18.9. The molecule has 1 aromatic heterocycles. The monoisotopic (exact) mass is 278 g/mol. The predicted molar refractivity (Wildman–Crippen MR) is 78.6 cm³/mol. The van der Waals surface area contributed by atoms with Gasteiger partial charge in [0, 0.05) is 18.6 Å². The van der Waals surface area contributed by atoms with Crippen LogP contribution in [0, 0.1) is 6.92 Å². The number of hydrogen-bond donors (Lipinski definition) is 1. The lowest BCUT2D eigenvalue weighted by Gasteiger charge is -2.14. The second-order valence-electron chi connectivity index (χ2n) is 6.24. The van der Waals surface area contributed by atoms with Crippen molar-refractivity contribution in [3.8, 4) is 0 Å². The Morgan fingerprint density at radius 1 is 1.35 bits per heavy atom. The molecule has 0 aromatic carbocycles. The van der Waals surface area contributed by atoms with Gasteiger partial charge in [-0.25, -0.2) is 0 Å². The molecule has 2 fully saturated rings. The van der Waals surface area contributed by atoms with E-state index >= 15 is 0 Å². The van der Waals surface area contributed by atoms with Crippen molar-refractivity contribution in [2.45, 2.75) is 57.8 Å². The lowest BCUT2D eigenvalue weighted by molar-refractivity contribution is 0.0855. The van der Waals surface area contributed by atoms with Gasteiger partial charge >= 0.3 is 0 Å². The Balaban J connectivity index is 1.36. The predicted octanol–water partition coefficient (Wildman–Crippen LogP) is 2.45. The third-order valence-corrected chi connectivity index (χ3v) is 4.20. The minimum atomic E-state index is 0.586. The summed E-state index contributed by atoms with van der Waals surface area (Å²) in [6.07, 6.45) is 5.32. The quantitative estimate of drug-likeness (QED) is 0.704. The van der Waals surface area contributed by atoms with Gasteiger partial charge in [-0.2, -0.15) is 0 Å². The van der Waals surface area contributed by atoms with Crippen molar-refractivity contribution < 1.29 is 9.15 Å². The van der Waals surface area contributed by atoms with Crippen molar-refractivity contribution in [2.75, 3.05) is 20.2 Å². The fraction of sp³-hybridized carbons (Fsp3) is 0.750. The van der Waals surface area contributed by atoms with Crippen LogP contribution in [0.2, 0.25) is 0 Å². The molecule has 112 valence electrons. The van der Waals surface area contributed by atoms with E-state index in [1.165, 1.54) is 31.2 Å². The molecule has 0 saturated heterocycles. The number of furan rings is 1. The molecule has 3 rings (SSSR count). The van der Waals surface area contributed by atoms with E-state index in [0.717, 1.165) is 43.3 Å². The number of aryl methyl sites for hydroxylation is 1. The molecule has 0 bridgehead atoms. The molecule has 2 saturated carbocycles. The number of likely N-dealkylation sites (N-methyl/N-ethyl adjacent to an activating group) is 1. The molecule has 0 radical (unpaired) electrons. The van der Waals surface area contributed by atoms with Gasteiger partial charge in [-0.1, -0.05) is 0 Å². The summed E-state index contributed by atoms with van der Waals surface area (Å²) in [7, 11) is 2.18. The van der Waals surface area contributed by atoms with Crippen LogP contribution in [0.1, 0.15) is 42.8 Å². The van der Waals surface area contributed by atoms with Crippen LogP contribution in [0.4, 0.5) is 0 Å². The smallest absolute Gasteiger partial charge is 0.130 e. The molecule has 0 amide bonds.